The monoisotopic (exact) mass is 336 g/mol. The smallest absolute Gasteiger partial charge is 0.127 e. The average Bonchev–Trinajstić information content (AvgIpc) is 3.13. The van der Waals surface area contributed by atoms with Gasteiger partial charge in [-0.25, -0.2) is 9.07 Å². The molecule has 4 rings (SSSR count). The van der Waals surface area contributed by atoms with E-state index in [1.807, 2.05) is 17.0 Å². The van der Waals surface area contributed by atoms with E-state index >= 15 is 0 Å². The van der Waals surface area contributed by atoms with Crippen LogP contribution in [-0.4, -0.2) is 16.1 Å². The lowest BCUT2D eigenvalue weighted by molar-refractivity contribution is -0.120. The van der Waals surface area contributed by atoms with Crippen molar-refractivity contribution >= 4 is 12.4 Å². The lowest BCUT2D eigenvalue weighted by atomic mass is 9.60. The van der Waals surface area contributed by atoms with E-state index < -0.39 is 0 Å². The minimum Gasteiger partial charge on any atom is -0.303 e. The van der Waals surface area contributed by atoms with Crippen LogP contribution in [0.3, 0.4) is 0 Å². The molecule has 3 nitrogen and oxygen atoms in total. The molecule has 1 aromatic carbocycles. The Morgan fingerprint density at radius 3 is 2.80 bits per heavy atom. The number of aldehydes is 1. The fraction of sp³-hybridized carbons (Fsp3) is 0.333. The predicted octanol–water partition coefficient (Wildman–Crippen LogP) is 4.51. The normalized spacial score (nSPS) is 27.4. The quantitative estimate of drug-likeness (QED) is 0.608. The van der Waals surface area contributed by atoms with Gasteiger partial charge in [-0.3, -0.25) is 0 Å². The number of hydrogen-bond acceptors (Lipinski definition) is 2. The molecular formula is C21H21FN2O. The number of carbonyl (C=O) groups excluding carboxylic acids is 1. The highest BCUT2D eigenvalue weighted by molar-refractivity contribution is 5.70. The minimum absolute atomic E-state index is 0.188. The molecule has 4 heteroatoms. The topological polar surface area (TPSA) is 34.9 Å². The van der Waals surface area contributed by atoms with Gasteiger partial charge in [0, 0.05) is 10.8 Å². The van der Waals surface area contributed by atoms with Crippen molar-refractivity contribution in [2.24, 2.45) is 10.8 Å². The summed E-state index contributed by atoms with van der Waals surface area (Å²) in [6.45, 7) is 6.05. The van der Waals surface area contributed by atoms with E-state index in [0.29, 0.717) is 6.42 Å². The highest BCUT2D eigenvalue weighted by Gasteiger charge is 2.55. The molecule has 0 radical (unpaired) electrons. The van der Waals surface area contributed by atoms with Crippen molar-refractivity contribution in [3.63, 3.8) is 0 Å². The summed E-state index contributed by atoms with van der Waals surface area (Å²) in [4.78, 5) is 12.0. The number of hydrogen-bond donors (Lipinski definition) is 0. The number of benzene rings is 1. The molecular weight excluding hydrogens is 315 g/mol. The van der Waals surface area contributed by atoms with Crippen molar-refractivity contribution in [1.82, 2.24) is 9.78 Å². The first-order valence-corrected chi connectivity index (χ1v) is 8.64. The van der Waals surface area contributed by atoms with Crippen LogP contribution >= 0.6 is 0 Å². The molecule has 2 atom stereocenters. The van der Waals surface area contributed by atoms with Crippen LogP contribution in [0.4, 0.5) is 4.39 Å². The first-order chi connectivity index (χ1) is 12.0. The third-order valence-electron chi connectivity index (χ3n) is 6.19. The lowest BCUT2D eigenvalue weighted by Crippen LogP contribution is -2.40. The predicted molar refractivity (Wildman–Crippen MR) is 95.9 cm³/mol. The molecule has 2 aliphatic rings. The third-order valence-corrected chi connectivity index (χ3v) is 6.19. The van der Waals surface area contributed by atoms with Crippen molar-refractivity contribution in [1.29, 1.82) is 0 Å². The minimum atomic E-state index is -0.379. The average molecular weight is 336 g/mol. The van der Waals surface area contributed by atoms with Crippen LogP contribution < -0.4 is 0 Å². The molecule has 25 heavy (non-hydrogen) atoms. The molecule has 0 N–H and O–H groups in total. The first kappa shape index (κ1) is 16.0. The number of halogens is 1. The highest BCUT2D eigenvalue weighted by Crippen LogP contribution is 2.60. The summed E-state index contributed by atoms with van der Waals surface area (Å²) in [7, 11) is 0. The zero-order chi connectivity index (χ0) is 17.7. The Morgan fingerprint density at radius 1 is 1.36 bits per heavy atom. The van der Waals surface area contributed by atoms with Gasteiger partial charge in [0.05, 0.1) is 17.6 Å². The van der Waals surface area contributed by atoms with Gasteiger partial charge >= 0.3 is 0 Å². The second kappa shape index (κ2) is 5.51. The van der Waals surface area contributed by atoms with Crippen LogP contribution in [0.2, 0.25) is 0 Å². The molecule has 0 aliphatic heterocycles. The van der Waals surface area contributed by atoms with Crippen molar-refractivity contribution in [3.8, 4) is 5.69 Å². The van der Waals surface area contributed by atoms with Crippen LogP contribution in [-0.2, 0) is 11.2 Å². The lowest BCUT2D eigenvalue weighted by Gasteiger charge is -2.42. The molecule has 0 bridgehead atoms. The maximum atomic E-state index is 13.2. The zero-order valence-corrected chi connectivity index (χ0v) is 14.3. The fourth-order valence-corrected chi connectivity index (χ4v) is 4.59. The summed E-state index contributed by atoms with van der Waals surface area (Å²) in [6.07, 6.45) is 10.3. The molecule has 1 heterocycles. The first-order valence-electron chi connectivity index (χ1n) is 8.64. The van der Waals surface area contributed by atoms with Gasteiger partial charge in [0.2, 0.25) is 0 Å². The van der Waals surface area contributed by atoms with Gasteiger partial charge in [-0.05, 0) is 61.6 Å². The number of nitrogens with zero attached hydrogens (tertiary/aromatic N) is 2. The van der Waals surface area contributed by atoms with E-state index in [4.69, 9.17) is 0 Å². The Bertz CT molecular complexity index is 880. The van der Waals surface area contributed by atoms with Crippen molar-refractivity contribution in [2.45, 2.75) is 32.6 Å². The van der Waals surface area contributed by atoms with E-state index in [0.717, 1.165) is 42.5 Å². The van der Waals surface area contributed by atoms with E-state index in [1.54, 1.807) is 12.1 Å². The molecule has 2 aliphatic carbocycles. The highest BCUT2D eigenvalue weighted by atomic mass is 19.1. The molecule has 0 unspecified atom stereocenters. The second-order valence-electron chi connectivity index (χ2n) is 7.39. The van der Waals surface area contributed by atoms with Crippen LogP contribution in [0.25, 0.3) is 11.8 Å². The Morgan fingerprint density at radius 2 is 2.12 bits per heavy atom. The molecule has 0 spiro atoms. The summed E-state index contributed by atoms with van der Waals surface area (Å²) in [5.74, 6) is -0.258. The number of rotatable bonds is 4. The van der Waals surface area contributed by atoms with Crippen LogP contribution in [0.15, 0.2) is 48.7 Å². The SMILES string of the molecule is C=CC[C@]1(C=O)CCC2=Cc3c(cnn3-c3ccc(F)cc3)C[C@@]21C. The van der Waals surface area contributed by atoms with E-state index in [-0.39, 0.29) is 16.6 Å². The summed E-state index contributed by atoms with van der Waals surface area (Å²) < 4.78 is 15.1. The summed E-state index contributed by atoms with van der Waals surface area (Å²) in [5.41, 5.74) is 3.75. The zero-order valence-electron chi connectivity index (χ0n) is 14.3. The molecule has 128 valence electrons. The Kier molecular flexibility index (Phi) is 3.53. The van der Waals surface area contributed by atoms with Crippen molar-refractivity contribution in [2.75, 3.05) is 0 Å². The third kappa shape index (κ3) is 2.16. The Labute approximate surface area is 146 Å². The second-order valence-corrected chi connectivity index (χ2v) is 7.39. The molecule has 2 aromatic rings. The summed E-state index contributed by atoms with van der Waals surface area (Å²) in [6, 6.07) is 6.36. The van der Waals surface area contributed by atoms with Gasteiger partial charge in [0.1, 0.15) is 12.1 Å². The number of allylic oxidation sites excluding steroid dienone is 2. The number of carbonyl (C=O) groups is 1. The maximum Gasteiger partial charge on any atom is 0.127 e. The maximum absolute atomic E-state index is 13.2. The van der Waals surface area contributed by atoms with Crippen LogP contribution in [0.5, 0.6) is 0 Å². The number of aromatic nitrogens is 2. The molecule has 1 fully saturated rings. The summed E-state index contributed by atoms with van der Waals surface area (Å²) in [5, 5.41) is 4.52. The molecule has 0 amide bonds. The fourth-order valence-electron chi connectivity index (χ4n) is 4.59. The standard InChI is InChI=1S/C21H21FN2O/c1-3-9-21(14-25)10-8-16-11-19-15(12-20(16,21)2)13-23-24(19)18-6-4-17(22)5-7-18/h3-7,11,13-14H,1,8-10,12H2,2H3/t20-,21+/m0/s1. The van der Waals surface area contributed by atoms with E-state index in [9.17, 15) is 9.18 Å². The van der Waals surface area contributed by atoms with Gasteiger partial charge in [-0.1, -0.05) is 18.6 Å². The Hall–Kier alpha value is -2.49. The number of fused-ring (bicyclic) bond motifs is 2. The molecule has 1 saturated carbocycles. The van der Waals surface area contributed by atoms with Crippen molar-refractivity contribution < 1.29 is 9.18 Å². The van der Waals surface area contributed by atoms with Crippen molar-refractivity contribution in [3.05, 3.63) is 65.8 Å². The van der Waals surface area contributed by atoms with Crippen LogP contribution in [0, 0.1) is 16.6 Å². The van der Waals surface area contributed by atoms with Gasteiger partial charge < -0.3 is 4.79 Å². The molecule has 1 aromatic heterocycles. The van der Waals surface area contributed by atoms with Gasteiger partial charge in [-0.15, -0.1) is 6.58 Å². The van der Waals surface area contributed by atoms with E-state index in [2.05, 4.69) is 24.7 Å². The van der Waals surface area contributed by atoms with Crippen LogP contribution in [0.1, 0.15) is 37.4 Å². The summed E-state index contributed by atoms with van der Waals surface area (Å²) >= 11 is 0. The van der Waals surface area contributed by atoms with Gasteiger partial charge in [-0.2, -0.15) is 5.10 Å². The van der Waals surface area contributed by atoms with E-state index in [1.165, 1.54) is 17.7 Å². The Balaban J connectivity index is 1.80. The largest absolute Gasteiger partial charge is 0.303 e. The molecule has 0 saturated heterocycles. The van der Waals surface area contributed by atoms with Gasteiger partial charge in [0.15, 0.2) is 0 Å². The van der Waals surface area contributed by atoms with Gasteiger partial charge in [0.25, 0.3) is 0 Å².